The Morgan fingerprint density at radius 1 is 0.921 bits per heavy atom. The van der Waals surface area contributed by atoms with Gasteiger partial charge in [-0.05, 0) is 106 Å². The highest BCUT2D eigenvalue weighted by molar-refractivity contribution is 5.86. The fourth-order valence-electron chi connectivity index (χ4n) is 4.88. The molecule has 38 heavy (non-hydrogen) atoms. The van der Waals surface area contributed by atoms with Crippen LogP contribution in [0.1, 0.15) is 57.6 Å². The molecule has 0 aromatic heterocycles. The van der Waals surface area contributed by atoms with Crippen molar-refractivity contribution in [3.8, 4) is 5.75 Å². The van der Waals surface area contributed by atoms with Crippen LogP contribution in [-0.4, -0.2) is 55.8 Å². The average Bonchev–Trinajstić information content (AvgIpc) is 2.92. The number of benzene rings is 2. The van der Waals surface area contributed by atoms with E-state index in [0.29, 0.717) is 12.2 Å². The highest BCUT2D eigenvalue weighted by Crippen LogP contribution is 2.36. The van der Waals surface area contributed by atoms with Gasteiger partial charge in [-0.1, -0.05) is 42.5 Å². The van der Waals surface area contributed by atoms with Gasteiger partial charge in [-0.25, -0.2) is 0 Å². The lowest BCUT2D eigenvalue weighted by Gasteiger charge is -2.34. The lowest BCUT2D eigenvalue weighted by atomic mass is 9.85. The number of rotatable bonds is 8. The molecule has 0 bridgehead atoms. The van der Waals surface area contributed by atoms with E-state index in [9.17, 15) is 9.90 Å². The first-order valence-electron chi connectivity index (χ1n) is 13.8. The Bertz CT molecular complexity index is 1180. The molecule has 1 aliphatic carbocycles. The second kappa shape index (κ2) is 12.6. The number of hydrogen-bond acceptors (Lipinski definition) is 5. The summed E-state index contributed by atoms with van der Waals surface area (Å²) in [5.41, 5.74) is 6.53. The summed E-state index contributed by atoms with van der Waals surface area (Å²) in [5, 5.41) is 9.70. The molecule has 1 saturated heterocycles. The predicted octanol–water partition coefficient (Wildman–Crippen LogP) is 6.24. The lowest BCUT2D eigenvalue weighted by Crippen LogP contribution is -2.44. The van der Waals surface area contributed by atoms with Crippen molar-refractivity contribution in [2.24, 2.45) is 5.41 Å². The Labute approximate surface area is 228 Å². The van der Waals surface area contributed by atoms with Gasteiger partial charge in [0.1, 0.15) is 5.75 Å². The highest BCUT2D eigenvalue weighted by atomic mass is 16.5. The van der Waals surface area contributed by atoms with Crippen molar-refractivity contribution in [2.75, 3.05) is 44.7 Å². The van der Waals surface area contributed by atoms with Gasteiger partial charge >= 0.3 is 5.97 Å². The molecule has 5 nitrogen and oxygen atoms in total. The minimum absolute atomic E-state index is 0.151. The van der Waals surface area contributed by atoms with Crippen LogP contribution in [0.5, 0.6) is 5.75 Å². The van der Waals surface area contributed by atoms with Crippen molar-refractivity contribution in [2.45, 2.75) is 46.5 Å². The zero-order chi connectivity index (χ0) is 27.1. The van der Waals surface area contributed by atoms with Gasteiger partial charge in [0, 0.05) is 38.5 Å². The van der Waals surface area contributed by atoms with E-state index >= 15 is 0 Å². The molecule has 0 spiro atoms. The Morgan fingerprint density at radius 2 is 1.55 bits per heavy atom. The van der Waals surface area contributed by atoms with Crippen LogP contribution in [0.15, 0.2) is 77.9 Å². The fourth-order valence-corrected chi connectivity index (χ4v) is 4.88. The molecule has 0 saturated carbocycles. The maximum absolute atomic E-state index is 12.4. The minimum atomic E-state index is -0.563. The number of carbonyl (C=O) groups excluding carboxylic acids is 1. The molecule has 5 heteroatoms. The maximum Gasteiger partial charge on any atom is 0.316 e. The van der Waals surface area contributed by atoms with Crippen LogP contribution in [0.3, 0.4) is 0 Å². The second-order valence-electron chi connectivity index (χ2n) is 11.3. The molecule has 2 aromatic rings. The van der Waals surface area contributed by atoms with E-state index in [2.05, 4.69) is 59.3 Å². The normalized spacial score (nSPS) is 17.2. The van der Waals surface area contributed by atoms with Crippen LogP contribution in [0.4, 0.5) is 5.69 Å². The van der Waals surface area contributed by atoms with Gasteiger partial charge in [-0.3, -0.25) is 4.79 Å². The van der Waals surface area contributed by atoms with E-state index in [0.717, 1.165) is 62.1 Å². The van der Waals surface area contributed by atoms with Gasteiger partial charge in [-0.2, -0.15) is 0 Å². The number of nitrogens with zero attached hydrogens (tertiary/aromatic N) is 2. The summed E-state index contributed by atoms with van der Waals surface area (Å²) < 4.78 is 5.63. The Hall–Kier alpha value is -3.15. The number of hydrogen-bond donors (Lipinski definition) is 1. The molecule has 1 N–H and O–H groups in total. The topological polar surface area (TPSA) is 53.0 Å². The summed E-state index contributed by atoms with van der Waals surface area (Å²) in [7, 11) is 2.18. The van der Waals surface area contributed by atoms with Crippen LogP contribution < -0.4 is 9.64 Å². The zero-order valence-electron chi connectivity index (χ0n) is 23.4. The van der Waals surface area contributed by atoms with Crippen LogP contribution in [-0.2, 0) is 4.79 Å². The number of ether oxygens (including phenoxy) is 1. The number of piperazine rings is 1. The zero-order valence-corrected chi connectivity index (χ0v) is 23.4. The number of carbonyl (C=O) groups is 1. The van der Waals surface area contributed by atoms with Crippen LogP contribution in [0.25, 0.3) is 5.57 Å². The summed E-state index contributed by atoms with van der Waals surface area (Å²) >= 11 is 0. The number of aliphatic hydroxyl groups excluding tert-OH is 1. The predicted molar refractivity (Wildman–Crippen MR) is 156 cm³/mol. The van der Waals surface area contributed by atoms with Gasteiger partial charge in [-0.15, -0.1) is 0 Å². The van der Waals surface area contributed by atoms with Gasteiger partial charge in [0.2, 0.25) is 0 Å². The van der Waals surface area contributed by atoms with Crippen LogP contribution in [0.2, 0.25) is 0 Å². The van der Waals surface area contributed by atoms with E-state index in [1.165, 1.54) is 16.8 Å². The monoisotopic (exact) mass is 514 g/mol. The van der Waals surface area contributed by atoms with E-state index in [-0.39, 0.29) is 12.6 Å². The smallest absolute Gasteiger partial charge is 0.316 e. The number of esters is 1. The van der Waals surface area contributed by atoms with Crippen LogP contribution in [0, 0.1) is 5.41 Å². The molecule has 1 heterocycles. The van der Waals surface area contributed by atoms with E-state index in [4.69, 9.17) is 4.74 Å². The molecular weight excluding hydrogens is 472 g/mol. The summed E-state index contributed by atoms with van der Waals surface area (Å²) in [4.78, 5) is 17.2. The molecule has 202 valence electrons. The van der Waals surface area contributed by atoms with Gasteiger partial charge < -0.3 is 19.6 Å². The molecule has 0 unspecified atom stereocenters. The van der Waals surface area contributed by atoms with E-state index in [1.807, 2.05) is 45.0 Å². The summed E-state index contributed by atoms with van der Waals surface area (Å²) in [5.74, 6) is 0.300. The largest absolute Gasteiger partial charge is 0.426 e. The quantitative estimate of drug-likeness (QED) is 0.334. The van der Waals surface area contributed by atoms with Crippen molar-refractivity contribution >= 4 is 17.2 Å². The summed E-state index contributed by atoms with van der Waals surface area (Å²) in [6, 6.07) is 16.8. The molecule has 0 radical (unpaired) electrons. The fraction of sp³-hybridized carbons (Fsp3) is 0.424. The first kappa shape index (κ1) is 27.9. The molecule has 2 aliphatic rings. The highest BCUT2D eigenvalue weighted by Gasteiger charge is 2.24. The maximum atomic E-state index is 12.4. The Kier molecular flexibility index (Phi) is 9.24. The molecular formula is C33H42N2O3. The summed E-state index contributed by atoms with van der Waals surface area (Å²) in [6.45, 7) is 9.94. The van der Waals surface area contributed by atoms with Crippen molar-refractivity contribution in [1.82, 2.24) is 4.90 Å². The van der Waals surface area contributed by atoms with Gasteiger partial charge in [0.05, 0.1) is 5.41 Å². The second-order valence-corrected chi connectivity index (χ2v) is 11.3. The van der Waals surface area contributed by atoms with Crippen LogP contribution >= 0.6 is 0 Å². The standard InChI is InChI=1S/C33H42N2O3/c1-33(2,3)32(37)38-29-18-14-27(15-19-29)31(30(11-8-24-36)25-9-6-5-7-10-25)26-12-16-28(17-13-26)35-22-20-34(4)21-23-35/h6,9-10,12-19,36H,5,7-8,11,20-24H2,1-4H3/b31-30+. The Balaban J connectivity index is 1.73. The number of likely N-dealkylation sites (N-methyl/N-ethyl adjacent to an activating group) is 1. The Morgan fingerprint density at radius 3 is 2.11 bits per heavy atom. The average molecular weight is 515 g/mol. The van der Waals surface area contributed by atoms with Crippen molar-refractivity contribution < 1.29 is 14.6 Å². The van der Waals surface area contributed by atoms with Crippen molar-refractivity contribution in [3.63, 3.8) is 0 Å². The molecule has 0 atom stereocenters. The van der Waals surface area contributed by atoms with Crippen molar-refractivity contribution in [1.29, 1.82) is 0 Å². The third-order valence-corrected chi connectivity index (χ3v) is 7.22. The lowest BCUT2D eigenvalue weighted by molar-refractivity contribution is -0.142. The first-order valence-corrected chi connectivity index (χ1v) is 13.8. The molecule has 4 rings (SSSR count). The summed E-state index contributed by atoms with van der Waals surface area (Å²) in [6.07, 6.45) is 10.3. The third-order valence-electron chi connectivity index (χ3n) is 7.22. The number of allylic oxidation sites excluding steroid dienone is 5. The SMILES string of the molecule is CN1CCN(c2ccc(/C(=C(/CCCO)C3=CCCC=C3)c3ccc(OC(=O)C(C)(C)C)cc3)cc2)CC1. The number of aliphatic hydroxyl groups is 1. The number of anilines is 1. The third kappa shape index (κ3) is 7.03. The molecule has 1 fully saturated rings. The van der Waals surface area contributed by atoms with Gasteiger partial charge in [0.25, 0.3) is 0 Å². The van der Waals surface area contributed by atoms with Crippen molar-refractivity contribution in [3.05, 3.63) is 89.0 Å². The van der Waals surface area contributed by atoms with E-state index < -0.39 is 5.41 Å². The minimum Gasteiger partial charge on any atom is -0.426 e. The molecule has 1 aliphatic heterocycles. The van der Waals surface area contributed by atoms with E-state index in [1.54, 1.807) is 0 Å². The molecule has 2 aromatic carbocycles. The molecule has 0 amide bonds. The van der Waals surface area contributed by atoms with Gasteiger partial charge in [0.15, 0.2) is 0 Å². The first-order chi connectivity index (χ1) is 18.3.